The second kappa shape index (κ2) is 8.56. The quantitative estimate of drug-likeness (QED) is 0.556. The van der Waals surface area contributed by atoms with Crippen molar-refractivity contribution in [2.45, 2.75) is 76.5 Å². The Balaban J connectivity index is 1.90. The number of hydrogen-bond acceptors (Lipinski definition) is 6. The van der Waals surface area contributed by atoms with E-state index in [1.54, 1.807) is 12.0 Å². The molecule has 1 amide bonds. The number of carbonyl (C=O) groups is 3. The van der Waals surface area contributed by atoms with Crippen LogP contribution in [0.4, 0.5) is 0 Å². The predicted molar refractivity (Wildman–Crippen MR) is 108 cm³/mol. The highest BCUT2D eigenvalue weighted by molar-refractivity contribution is 5.96. The molecule has 1 saturated carbocycles. The van der Waals surface area contributed by atoms with E-state index in [4.69, 9.17) is 15.2 Å². The Bertz CT molecular complexity index is 693. The van der Waals surface area contributed by atoms with Gasteiger partial charge in [-0.05, 0) is 25.7 Å². The Labute approximate surface area is 173 Å². The van der Waals surface area contributed by atoms with Gasteiger partial charge in [-0.1, -0.05) is 31.9 Å². The lowest BCUT2D eigenvalue weighted by atomic mass is 9.86. The molecule has 7 nitrogen and oxygen atoms in total. The van der Waals surface area contributed by atoms with Gasteiger partial charge in [0.25, 0.3) is 0 Å². The largest absolute Gasteiger partial charge is 0.469 e. The van der Waals surface area contributed by atoms with Crippen LogP contribution < -0.4 is 5.73 Å². The van der Waals surface area contributed by atoms with Gasteiger partial charge >= 0.3 is 5.97 Å². The molecule has 0 aromatic carbocycles. The number of ketones is 1. The minimum Gasteiger partial charge on any atom is -0.469 e. The Morgan fingerprint density at radius 2 is 2.00 bits per heavy atom. The molecule has 1 saturated heterocycles. The summed E-state index contributed by atoms with van der Waals surface area (Å²) in [5.74, 6) is -0.651. The molecule has 5 unspecified atom stereocenters. The average Bonchev–Trinajstić information content (AvgIpc) is 3.08. The Kier molecular flexibility index (Phi) is 6.48. The number of esters is 1. The second-order valence-corrected chi connectivity index (χ2v) is 9.06. The molecule has 1 aliphatic carbocycles. The molecule has 0 radical (unpaired) electrons. The first-order chi connectivity index (χ1) is 13.8. The maximum atomic E-state index is 13.3. The van der Waals surface area contributed by atoms with Gasteiger partial charge in [-0.25, -0.2) is 0 Å². The van der Waals surface area contributed by atoms with Crippen molar-refractivity contribution in [3.05, 3.63) is 12.2 Å². The number of allylic oxidation sites excluding steroid dienone is 2. The molecule has 0 aromatic rings. The lowest BCUT2D eigenvalue weighted by Crippen LogP contribution is -2.49. The fourth-order valence-corrected chi connectivity index (χ4v) is 5.05. The zero-order chi connectivity index (χ0) is 21.2. The molecule has 2 N–H and O–H groups in total. The van der Waals surface area contributed by atoms with Gasteiger partial charge in [0.05, 0.1) is 30.7 Å². The van der Waals surface area contributed by atoms with Crippen molar-refractivity contribution in [2.24, 2.45) is 16.6 Å². The molecule has 2 aliphatic heterocycles. The zero-order valence-corrected chi connectivity index (χ0v) is 17.8. The van der Waals surface area contributed by atoms with Gasteiger partial charge in [0, 0.05) is 31.9 Å². The first-order valence-electron chi connectivity index (χ1n) is 10.7. The van der Waals surface area contributed by atoms with E-state index in [2.05, 4.69) is 12.2 Å². The third-order valence-electron chi connectivity index (χ3n) is 7.13. The number of methoxy groups -OCH3 is 2. The summed E-state index contributed by atoms with van der Waals surface area (Å²) < 4.78 is 10.5. The van der Waals surface area contributed by atoms with Crippen LogP contribution in [0.3, 0.4) is 0 Å². The predicted octanol–water partition coefficient (Wildman–Crippen LogP) is 1.98. The molecule has 7 heteroatoms. The molecule has 0 spiro atoms. The molecule has 162 valence electrons. The van der Waals surface area contributed by atoms with Crippen molar-refractivity contribution < 1.29 is 23.9 Å². The minimum absolute atomic E-state index is 0.0701. The van der Waals surface area contributed by atoms with E-state index in [-0.39, 0.29) is 35.6 Å². The van der Waals surface area contributed by atoms with Gasteiger partial charge in [0.2, 0.25) is 5.91 Å². The van der Waals surface area contributed by atoms with Crippen LogP contribution >= 0.6 is 0 Å². The maximum absolute atomic E-state index is 13.3. The number of hydrogen-bond donors (Lipinski definition) is 1. The van der Waals surface area contributed by atoms with E-state index in [0.717, 1.165) is 25.7 Å². The lowest BCUT2D eigenvalue weighted by molar-refractivity contribution is -0.151. The van der Waals surface area contributed by atoms with Gasteiger partial charge in [0.1, 0.15) is 0 Å². The summed E-state index contributed by atoms with van der Waals surface area (Å²) in [7, 11) is 2.95. The van der Waals surface area contributed by atoms with Crippen molar-refractivity contribution in [2.75, 3.05) is 20.8 Å². The van der Waals surface area contributed by atoms with Gasteiger partial charge in [-0.2, -0.15) is 0 Å². The van der Waals surface area contributed by atoms with Crippen LogP contribution in [-0.2, 0) is 23.9 Å². The van der Waals surface area contributed by atoms with Crippen molar-refractivity contribution >= 4 is 17.7 Å². The van der Waals surface area contributed by atoms with Crippen molar-refractivity contribution in [1.29, 1.82) is 0 Å². The number of nitrogens with zero attached hydrogens (tertiary/aromatic N) is 1. The molecule has 29 heavy (non-hydrogen) atoms. The molecule has 2 fully saturated rings. The molecular weight excluding hydrogens is 372 g/mol. The average molecular weight is 407 g/mol. The highest BCUT2D eigenvalue weighted by atomic mass is 16.5. The zero-order valence-electron chi connectivity index (χ0n) is 17.8. The minimum atomic E-state index is -0.850. The van der Waals surface area contributed by atoms with Crippen LogP contribution in [-0.4, -0.2) is 61.5 Å². The Morgan fingerprint density at radius 1 is 1.24 bits per heavy atom. The number of rotatable bonds is 2. The van der Waals surface area contributed by atoms with E-state index in [1.165, 1.54) is 7.11 Å². The van der Waals surface area contributed by atoms with E-state index < -0.39 is 17.5 Å². The van der Waals surface area contributed by atoms with Crippen LogP contribution in [0.2, 0.25) is 0 Å². The molecule has 3 aliphatic rings. The SMILES string of the molecule is COC(=O)C12CC(=O)C3CC(OC)CN3C(=O)C(N)CCCCC/C=C\C1(C)C2. The van der Waals surface area contributed by atoms with E-state index >= 15 is 0 Å². The summed E-state index contributed by atoms with van der Waals surface area (Å²) in [4.78, 5) is 40.6. The molecular formula is C22H34N2O5. The normalized spacial score (nSPS) is 39.7. The van der Waals surface area contributed by atoms with Crippen LogP contribution in [0.25, 0.3) is 0 Å². The number of amides is 1. The van der Waals surface area contributed by atoms with Gasteiger partial charge < -0.3 is 20.1 Å². The van der Waals surface area contributed by atoms with Crippen molar-refractivity contribution in [1.82, 2.24) is 4.90 Å². The molecule has 0 aromatic heterocycles. The fraction of sp³-hybridized carbons (Fsp3) is 0.773. The first kappa shape index (κ1) is 22.0. The van der Waals surface area contributed by atoms with E-state index in [9.17, 15) is 14.4 Å². The first-order valence-corrected chi connectivity index (χ1v) is 10.7. The van der Waals surface area contributed by atoms with Crippen LogP contribution in [0, 0.1) is 10.8 Å². The van der Waals surface area contributed by atoms with Gasteiger partial charge in [-0.3, -0.25) is 14.4 Å². The Morgan fingerprint density at radius 3 is 2.69 bits per heavy atom. The molecule has 3 rings (SSSR count). The summed E-state index contributed by atoms with van der Waals surface area (Å²) in [5, 5.41) is 0. The van der Waals surface area contributed by atoms with Crippen LogP contribution in [0.5, 0.6) is 0 Å². The van der Waals surface area contributed by atoms with E-state index in [0.29, 0.717) is 25.8 Å². The summed E-state index contributed by atoms with van der Waals surface area (Å²) >= 11 is 0. The van der Waals surface area contributed by atoms with Crippen molar-refractivity contribution in [3.8, 4) is 0 Å². The highest BCUT2D eigenvalue weighted by Crippen LogP contribution is 2.67. The standard InChI is InChI=1S/C22H34N2O5/c1-21-10-8-6-4-5-7-9-16(23)19(26)24-13-15(28-2)11-17(24)18(25)12-22(21,14-21)20(27)29-3/h8,10,15-17H,4-7,9,11-14,23H2,1-3H3/b10-8-. The summed E-state index contributed by atoms with van der Waals surface area (Å²) in [5.41, 5.74) is 4.93. The van der Waals surface area contributed by atoms with Crippen LogP contribution in [0.1, 0.15) is 58.3 Å². The third kappa shape index (κ3) is 4.12. The third-order valence-corrected chi connectivity index (χ3v) is 7.13. The number of nitrogens with two attached hydrogens (primary N) is 1. The number of fused-ring (bicyclic) bond motifs is 2. The summed E-state index contributed by atoms with van der Waals surface area (Å²) in [6.07, 6.45) is 9.50. The molecule has 5 atom stereocenters. The lowest BCUT2D eigenvalue weighted by Gasteiger charge is -2.28. The Hall–Kier alpha value is -1.73. The highest BCUT2D eigenvalue weighted by Gasteiger charge is 2.69. The van der Waals surface area contributed by atoms with Gasteiger partial charge in [0.15, 0.2) is 5.78 Å². The van der Waals surface area contributed by atoms with Crippen LogP contribution in [0.15, 0.2) is 12.2 Å². The summed E-state index contributed by atoms with van der Waals surface area (Å²) in [6.45, 7) is 2.37. The fourth-order valence-electron chi connectivity index (χ4n) is 5.05. The van der Waals surface area contributed by atoms with Gasteiger partial charge in [-0.15, -0.1) is 0 Å². The van der Waals surface area contributed by atoms with E-state index in [1.807, 2.05) is 6.92 Å². The second-order valence-electron chi connectivity index (χ2n) is 9.06. The molecule has 0 bridgehead atoms. The van der Waals surface area contributed by atoms with Crippen molar-refractivity contribution in [3.63, 3.8) is 0 Å². The molecule has 2 heterocycles. The number of Topliss-reactive ketones (excluding diaryl/α,β-unsaturated/α-hetero) is 1. The number of ether oxygens (including phenoxy) is 2. The number of carbonyl (C=O) groups excluding carboxylic acids is 3. The monoisotopic (exact) mass is 406 g/mol. The smallest absolute Gasteiger partial charge is 0.313 e. The topological polar surface area (TPSA) is 98.9 Å². The maximum Gasteiger partial charge on any atom is 0.313 e. The summed E-state index contributed by atoms with van der Waals surface area (Å²) in [6, 6.07) is -1.21.